The van der Waals surface area contributed by atoms with Gasteiger partial charge in [0.2, 0.25) is 0 Å². The maximum absolute atomic E-state index is 11.3. The minimum absolute atomic E-state index is 0.140. The third-order valence-corrected chi connectivity index (χ3v) is 3.13. The van der Waals surface area contributed by atoms with E-state index in [1.54, 1.807) is 22.1 Å². The van der Waals surface area contributed by atoms with Crippen molar-refractivity contribution in [1.29, 1.82) is 0 Å². The van der Waals surface area contributed by atoms with Crippen molar-refractivity contribution < 1.29 is 9.53 Å². The zero-order chi connectivity index (χ0) is 12.4. The Morgan fingerprint density at radius 2 is 2.35 bits per heavy atom. The fourth-order valence-corrected chi connectivity index (χ4v) is 2.18. The van der Waals surface area contributed by atoms with Gasteiger partial charge < -0.3 is 15.0 Å². The summed E-state index contributed by atoms with van der Waals surface area (Å²) in [5, 5.41) is 0.919. The van der Waals surface area contributed by atoms with Gasteiger partial charge in [-0.15, -0.1) is 11.3 Å². The number of carbonyl (C=O) groups excluding carboxylic acids is 1. The number of esters is 1. The number of methoxy groups -OCH3 is 1. The zero-order valence-corrected chi connectivity index (χ0v) is 10.3. The van der Waals surface area contributed by atoms with Crippen LogP contribution in [0.2, 0.25) is 0 Å². The van der Waals surface area contributed by atoms with Crippen LogP contribution in [0.15, 0.2) is 12.5 Å². The number of ether oxygens (including phenoxy) is 1. The van der Waals surface area contributed by atoms with Crippen LogP contribution in [0.5, 0.6) is 0 Å². The third-order valence-electron chi connectivity index (χ3n) is 2.23. The lowest BCUT2D eigenvalue weighted by Crippen LogP contribution is -2.08. The lowest BCUT2D eigenvalue weighted by molar-refractivity contribution is 0.0596. The SMILES string of the molecule is COC(=O)c1ncn(Cc2ncc(C)s2)c1N. The molecular weight excluding hydrogens is 240 g/mol. The van der Waals surface area contributed by atoms with Crippen LogP contribution < -0.4 is 5.73 Å². The van der Waals surface area contributed by atoms with Gasteiger partial charge in [-0.05, 0) is 6.92 Å². The number of anilines is 1. The number of thiazole rings is 1. The van der Waals surface area contributed by atoms with Crippen molar-refractivity contribution in [3.05, 3.63) is 28.1 Å². The fourth-order valence-electron chi connectivity index (χ4n) is 1.39. The van der Waals surface area contributed by atoms with Crippen LogP contribution in [-0.4, -0.2) is 27.6 Å². The zero-order valence-electron chi connectivity index (χ0n) is 9.51. The van der Waals surface area contributed by atoms with E-state index in [9.17, 15) is 4.79 Å². The molecule has 0 amide bonds. The molecule has 2 aromatic rings. The minimum Gasteiger partial charge on any atom is -0.464 e. The molecule has 0 saturated carbocycles. The Morgan fingerprint density at radius 3 is 2.94 bits per heavy atom. The van der Waals surface area contributed by atoms with Crippen molar-refractivity contribution in [2.75, 3.05) is 12.8 Å². The highest BCUT2D eigenvalue weighted by atomic mass is 32.1. The van der Waals surface area contributed by atoms with Crippen molar-refractivity contribution >= 4 is 23.1 Å². The molecule has 0 aromatic carbocycles. The average Bonchev–Trinajstić information content (AvgIpc) is 2.87. The van der Waals surface area contributed by atoms with Crippen LogP contribution in [0, 0.1) is 6.92 Å². The quantitative estimate of drug-likeness (QED) is 0.826. The van der Waals surface area contributed by atoms with Crippen LogP contribution in [0.3, 0.4) is 0 Å². The van der Waals surface area contributed by atoms with Gasteiger partial charge in [0, 0.05) is 11.1 Å². The molecule has 0 aliphatic heterocycles. The standard InChI is InChI=1S/C10H12N4O2S/c1-6-3-12-7(17-6)4-14-5-13-8(9(14)11)10(15)16-2/h3,5H,4,11H2,1-2H3. The lowest BCUT2D eigenvalue weighted by Gasteiger charge is -2.02. The molecule has 2 heterocycles. The molecule has 2 N–H and O–H groups in total. The number of aryl methyl sites for hydroxylation is 1. The fraction of sp³-hybridized carbons (Fsp3) is 0.300. The predicted molar refractivity (Wildman–Crippen MR) is 63.9 cm³/mol. The van der Waals surface area contributed by atoms with Crippen molar-refractivity contribution in [1.82, 2.24) is 14.5 Å². The van der Waals surface area contributed by atoms with E-state index in [-0.39, 0.29) is 5.69 Å². The minimum atomic E-state index is -0.531. The highest BCUT2D eigenvalue weighted by molar-refractivity contribution is 7.11. The summed E-state index contributed by atoms with van der Waals surface area (Å²) in [6.07, 6.45) is 3.31. The first-order valence-electron chi connectivity index (χ1n) is 4.92. The number of aromatic nitrogens is 3. The van der Waals surface area contributed by atoms with Crippen LogP contribution in [-0.2, 0) is 11.3 Å². The van der Waals surface area contributed by atoms with Gasteiger partial charge >= 0.3 is 5.97 Å². The maximum atomic E-state index is 11.3. The van der Waals surface area contributed by atoms with Gasteiger partial charge in [0.25, 0.3) is 0 Å². The average molecular weight is 252 g/mol. The second-order valence-corrected chi connectivity index (χ2v) is 4.78. The number of nitrogens with two attached hydrogens (primary N) is 1. The molecule has 0 radical (unpaired) electrons. The molecule has 0 bridgehead atoms. The van der Waals surface area contributed by atoms with Crippen LogP contribution in [0.4, 0.5) is 5.82 Å². The van der Waals surface area contributed by atoms with Crippen LogP contribution in [0.25, 0.3) is 0 Å². The summed E-state index contributed by atoms with van der Waals surface area (Å²) in [6, 6.07) is 0. The molecule has 0 spiro atoms. The summed E-state index contributed by atoms with van der Waals surface area (Å²) in [5.41, 5.74) is 5.95. The van der Waals surface area contributed by atoms with Crippen molar-refractivity contribution in [2.24, 2.45) is 0 Å². The number of hydrogen-bond donors (Lipinski definition) is 1. The van der Waals surface area contributed by atoms with Gasteiger partial charge in [0.1, 0.15) is 10.8 Å². The smallest absolute Gasteiger partial charge is 0.360 e. The molecular formula is C10H12N4O2S. The molecule has 17 heavy (non-hydrogen) atoms. The molecule has 0 fully saturated rings. The van der Waals surface area contributed by atoms with E-state index in [2.05, 4.69) is 14.7 Å². The number of imidazole rings is 1. The van der Waals surface area contributed by atoms with Crippen molar-refractivity contribution in [3.63, 3.8) is 0 Å². The van der Waals surface area contributed by atoms with Gasteiger partial charge in [-0.1, -0.05) is 0 Å². The van der Waals surface area contributed by atoms with Gasteiger partial charge in [-0.2, -0.15) is 0 Å². The van der Waals surface area contributed by atoms with Gasteiger partial charge in [0.05, 0.1) is 20.0 Å². The summed E-state index contributed by atoms with van der Waals surface area (Å²) < 4.78 is 6.25. The summed E-state index contributed by atoms with van der Waals surface area (Å²) in [6.45, 7) is 2.49. The molecule has 90 valence electrons. The highest BCUT2D eigenvalue weighted by Crippen LogP contribution is 2.17. The Hall–Kier alpha value is -1.89. The van der Waals surface area contributed by atoms with E-state index < -0.39 is 5.97 Å². The van der Waals surface area contributed by atoms with Crippen molar-refractivity contribution in [3.8, 4) is 0 Å². The van der Waals surface area contributed by atoms with Gasteiger partial charge in [-0.3, -0.25) is 0 Å². The van der Waals surface area contributed by atoms with E-state index in [1.807, 2.05) is 6.92 Å². The molecule has 6 nitrogen and oxygen atoms in total. The Morgan fingerprint density at radius 1 is 1.59 bits per heavy atom. The van der Waals surface area contributed by atoms with Crippen molar-refractivity contribution in [2.45, 2.75) is 13.5 Å². The molecule has 0 saturated heterocycles. The summed E-state index contributed by atoms with van der Waals surface area (Å²) in [4.78, 5) is 20.6. The lowest BCUT2D eigenvalue weighted by atomic mass is 10.4. The first-order chi connectivity index (χ1) is 8.11. The molecule has 2 rings (SSSR count). The molecule has 7 heteroatoms. The summed E-state index contributed by atoms with van der Waals surface area (Å²) in [7, 11) is 1.30. The van der Waals surface area contributed by atoms with Crippen LogP contribution in [0.1, 0.15) is 20.4 Å². The molecule has 0 unspecified atom stereocenters. The highest BCUT2D eigenvalue weighted by Gasteiger charge is 2.16. The topological polar surface area (TPSA) is 83.0 Å². The monoisotopic (exact) mass is 252 g/mol. The normalized spacial score (nSPS) is 10.5. The number of rotatable bonds is 3. The summed E-state index contributed by atoms with van der Waals surface area (Å²) >= 11 is 1.58. The number of nitrogens with zero attached hydrogens (tertiary/aromatic N) is 3. The van der Waals surface area contributed by atoms with E-state index in [0.717, 1.165) is 9.88 Å². The molecule has 0 atom stereocenters. The summed E-state index contributed by atoms with van der Waals surface area (Å²) in [5.74, 6) is -0.235. The Kier molecular flexibility index (Phi) is 3.10. The number of hydrogen-bond acceptors (Lipinski definition) is 6. The van der Waals surface area contributed by atoms with Gasteiger partial charge in [-0.25, -0.2) is 14.8 Å². The second kappa shape index (κ2) is 4.54. The van der Waals surface area contributed by atoms with Crippen LogP contribution >= 0.6 is 11.3 Å². The molecule has 0 aliphatic carbocycles. The number of nitrogen functional groups attached to an aromatic ring is 1. The van der Waals surface area contributed by atoms with E-state index in [0.29, 0.717) is 12.4 Å². The maximum Gasteiger partial charge on any atom is 0.360 e. The number of carbonyl (C=O) groups is 1. The second-order valence-electron chi connectivity index (χ2n) is 3.46. The largest absolute Gasteiger partial charge is 0.464 e. The Balaban J connectivity index is 2.23. The Bertz CT molecular complexity index is 546. The predicted octanol–water partition coefficient (Wildman–Crippen LogP) is 1.07. The van der Waals surface area contributed by atoms with E-state index in [4.69, 9.17) is 5.73 Å². The molecule has 0 aliphatic rings. The third kappa shape index (κ3) is 2.28. The first kappa shape index (κ1) is 11.6. The van der Waals surface area contributed by atoms with E-state index >= 15 is 0 Å². The van der Waals surface area contributed by atoms with Gasteiger partial charge in [0.15, 0.2) is 5.69 Å². The van der Waals surface area contributed by atoms with E-state index in [1.165, 1.54) is 13.4 Å². The first-order valence-corrected chi connectivity index (χ1v) is 5.73. The Labute approximate surface area is 102 Å². The molecule has 2 aromatic heterocycles.